The Hall–Kier alpha value is -1.30. The maximum absolute atomic E-state index is 12.8. The van der Waals surface area contributed by atoms with Gasteiger partial charge in [0, 0.05) is 37.7 Å². The number of fused-ring (bicyclic) bond motifs is 1. The minimum absolute atomic E-state index is 0. The molecule has 1 unspecified atom stereocenters. The minimum Gasteiger partial charge on any atom is -0.334 e. The maximum Gasteiger partial charge on any atom is 0.255 e. The zero-order valence-electron chi connectivity index (χ0n) is 12.6. The summed E-state index contributed by atoms with van der Waals surface area (Å²) in [5.74, 6) is 0.121. The van der Waals surface area contributed by atoms with Crippen molar-refractivity contribution in [2.45, 2.75) is 25.8 Å². The SMILES string of the molecule is CCCN(C(=O)c1ccc2nccn2c1)C1CCNC1.Cl.Cl. The van der Waals surface area contributed by atoms with Gasteiger partial charge < -0.3 is 14.6 Å². The molecule has 1 saturated heterocycles. The number of nitrogens with one attached hydrogen (secondary N) is 1. The number of imidazole rings is 1. The quantitative estimate of drug-likeness (QED) is 0.926. The first-order valence-corrected chi connectivity index (χ1v) is 7.24. The van der Waals surface area contributed by atoms with Gasteiger partial charge in [0.15, 0.2) is 0 Å². The fourth-order valence-electron chi connectivity index (χ4n) is 2.81. The van der Waals surface area contributed by atoms with E-state index in [2.05, 4.69) is 17.2 Å². The Kier molecular flexibility index (Phi) is 7.13. The monoisotopic (exact) mass is 344 g/mol. The Balaban J connectivity index is 0.00000121. The molecule has 0 radical (unpaired) electrons. The number of hydrogen-bond donors (Lipinski definition) is 1. The molecule has 2 aromatic rings. The second kappa shape index (κ2) is 8.36. The molecule has 0 aliphatic carbocycles. The van der Waals surface area contributed by atoms with Crippen LogP contribution in [-0.2, 0) is 0 Å². The minimum atomic E-state index is 0. The molecule has 1 aliphatic heterocycles. The van der Waals surface area contributed by atoms with E-state index in [0.29, 0.717) is 6.04 Å². The highest BCUT2D eigenvalue weighted by molar-refractivity contribution is 5.94. The van der Waals surface area contributed by atoms with Gasteiger partial charge in [-0.1, -0.05) is 6.92 Å². The van der Waals surface area contributed by atoms with E-state index in [0.717, 1.165) is 43.7 Å². The summed E-state index contributed by atoms with van der Waals surface area (Å²) in [6, 6.07) is 4.08. The molecule has 3 heterocycles. The van der Waals surface area contributed by atoms with Crippen molar-refractivity contribution in [3.63, 3.8) is 0 Å². The van der Waals surface area contributed by atoms with Crippen molar-refractivity contribution < 1.29 is 4.79 Å². The van der Waals surface area contributed by atoms with Crippen LogP contribution in [-0.4, -0.2) is 45.9 Å². The van der Waals surface area contributed by atoms with Gasteiger partial charge in [0.05, 0.1) is 5.56 Å². The molecule has 3 rings (SSSR count). The van der Waals surface area contributed by atoms with E-state index in [1.165, 1.54) is 0 Å². The summed E-state index contributed by atoms with van der Waals surface area (Å²) in [6.45, 7) is 4.83. The summed E-state index contributed by atoms with van der Waals surface area (Å²) >= 11 is 0. The van der Waals surface area contributed by atoms with Gasteiger partial charge in [0.25, 0.3) is 5.91 Å². The van der Waals surface area contributed by atoms with E-state index in [1.807, 2.05) is 33.8 Å². The van der Waals surface area contributed by atoms with Crippen LogP contribution in [0, 0.1) is 0 Å². The highest BCUT2D eigenvalue weighted by Gasteiger charge is 2.26. The molecule has 1 amide bonds. The molecule has 0 saturated carbocycles. The van der Waals surface area contributed by atoms with Crippen LogP contribution in [0.25, 0.3) is 5.65 Å². The van der Waals surface area contributed by atoms with E-state index in [-0.39, 0.29) is 30.7 Å². The molecule has 2 aromatic heterocycles. The number of nitrogens with zero attached hydrogens (tertiary/aromatic N) is 3. The summed E-state index contributed by atoms with van der Waals surface area (Å²) in [5, 5.41) is 3.33. The van der Waals surface area contributed by atoms with E-state index >= 15 is 0 Å². The summed E-state index contributed by atoms with van der Waals surface area (Å²) in [5.41, 5.74) is 1.60. The summed E-state index contributed by atoms with van der Waals surface area (Å²) in [4.78, 5) is 19.0. The van der Waals surface area contributed by atoms with Crippen molar-refractivity contribution >= 4 is 36.4 Å². The van der Waals surface area contributed by atoms with Crippen molar-refractivity contribution in [2.24, 2.45) is 0 Å². The topological polar surface area (TPSA) is 49.6 Å². The molecule has 1 aliphatic rings. The van der Waals surface area contributed by atoms with Crippen molar-refractivity contribution in [1.82, 2.24) is 19.6 Å². The molecule has 1 fully saturated rings. The first-order valence-electron chi connectivity index (χ1n) is 7.24. The third-order valence-corrected chi connectivity index (χ3v) is 3.84. The summed E-state index contributed by atoms with van der Waals surface area (Å²) in [7, 11) is 0. The van der Waals surface area contributed by atoms with Crippen LogP contribution in [0.3, 0.4) is 0 Å². The molecule has 0 spiro atoms. The first-order chi connectivity index (χ1) is 9.79. The van der Waals surface area contributed by atoms with Crippen molar-refractivity contribution in [1.29, 1.82) is 0 Å². The molecule has 22 heavy (non-hydrogen) atoms. The van der Waals surface area contributed by atoms with Crippen LogP contribution >= 0.6 is 24.8 Å². The zero-order valence-corrected chi connectivity index (χ0v) is 14.2. The Bertz CT molecular complexity index is 610. The summed E-state index contributed by atoms with van der Waals surface area (Å²) in [6.07, 6.45) is 7.51. The van der Waals surface area contributed by atoms with Gasteiger partial charge >= 0.3 is 0 Å². The van der Waals surface area contributed by atoms with Crippen LogP contribution in [0.2, 0.25) is 0 Å². The maximum atomic E-state index is 12.8. The second-order valence-corrected chi connectivity index (χ2v) is 5.26. The highest BCUT2D eigenvalue weighted by atomic mass is 35.5. The second-order valence-electron chi connectivity index (χ2n) is 5.26. The average molecular weight is 345 g/mol. The molecule has 5 nitrogen and oxygen atoms in total. The number of rotatable bonds is 4. The van der Waals surface area contributed by atoms with Gasteiger partial charge in [-0.3, -0.25) is 4.79 Å². The molecule has 122 valence electrons. The molecular formula is C15H22Cl2N4O. The van der Waals surface area contributed by atoms with Gasteiger partial charge in [-0.25, -0.2) is 4.98 Å². The number of aromatic nitrogens is 2. The van der Waals surface area contributed by atoms with Crippen molar-refractivity contribution in [3.8, 4) is 0 Å². The third-order valence-electron chi connectivity index (χ3n) is 3.84. The van der Waals surface area contributed by atoms with Gasteiger partial charge in [-0.2, -0.15) is 0 Å². The number of hydrogen-bond acceptors (Lipinski definition) is 3. The number of carbonyl (C=O) groups is 1. The van der Waals surface area contributed by atoms with Crippen LogP contribution in [0.15, 0.2) is 30.7 Å². The Morgan fingerprint density at radius 1 is 1.45 bits per heavy atom. The molecular weight excluding hydrogens is 323 g/mol. The Morgan fingerprint density at radius 2 is 2.27 bits per heavy atom. The van der Waals surface area contributed by atoms with Crippen LogP contribution in [0.4, 0.5) is 0 Å². The Morgan fingerprint density at radius 3 is 2.95 bits per heavy atom. The number of pyridine rings is 1. The molecule has 0 bridgehead atoms. The van der Waals surface area contributed by atoms with Gasteiger partial charge in [0.2, 0.25) is 0 Å². The average Bonchev–Trinajstić information content (AvgIpc) is 3.13. The summed E-state index contributed by atoms with van der Waals surface area (Å²) < 4.78 is 1.89. The lowest BCUT2D eigenvalue weighted by Gasteiger charge is -2.28. The van der Waals surface area contributed by atoms with E-state index < -0.39 is 0 Å². The molecule has 7 heteroatoms. The third kappa shape index (κ3) is 3.72. The fourth-order valence-corrected chi connectivity index (χ4v) is 2.81. The molecule has 0 aromatic carbocycles. The van der Waals surface area contributed by atoms with Gasteiger partial charge in [-0.15, -0.1) is 24.8 Å². The smallest absolute Gasteiger partial charge is 0.255 e. The van der Waals surface area contributed by atoms with E-state index in [9.17, 15) is 4.79 Å². The van der Waals surface area contributed by atoms with Gasteiger partial charge in [-0.05, 0) is 31.5 Å². The van der Waals surface area contributed by atoms with Crippen LogP contribution < -0.4 is 5.32 Å². The number of carbonyl (C=O) groups excluding carboxylic acids is 1. The van der Waals surface area contributed by atoms with Crippen LogP contribution in [0.5, 0.6) is 0 Å². The zero-order chi connectivity index (χ0) is 13.9. The lowest BCUT2D eigenvalue weighted by atomic mass is 10.1. The molecule has 1 atom stereocenters. The van der Waals surface area contributed by atoms with Crippen LogP contribution in [0.1, 0.15) is 30.1 Å². The highest BCUT2D eigenvalue weighted by Crippen LogP contribution is 2.15. The number of amides is 1. The molecule has 1 N–H and O–H groups in total. The largest absolute Gasteiger partial charge is 0.334 e. The van der Waals surface area contributed by atoms with Crippen molar-refractivity contribution in [2.75, 3.05) is 19.6 Å². The lowest BCUT2D eigenvalue weighted by Crippen LogP contribution is -2.42. The predicted octanol–water partition coefficient (Wildman–Crippen LogP) is 2.39. The fraction of sp³-hybridized carbons (Fsp3) is 0.467. The standard InChI is InChI=1S/C15H20N4O.2ClH/c1-2-8-19(13-5-6-16-10-13)15(20)12-3-4-14-17-7-9-18(14)11-12;;/h3-4,7,9,11,13,16H,2,5-6,8,10H2,1H3;2*1H. The normalized spacial score (nSPS) is 16.9. The van der Waals surface area contributed by atoms with E-state index in [4.69, 9.17) is 0 Å². The van der Waals surface area contributed by atoms with Gasteiger partial charge in [0.1, 0.15) is 5.65 Å². The number of halogens is 2. The van der Waals surface area contributed by atoms with Crippen molar-refractivity contribution in [3.05, 3.63) is 36.3 Å². The van der Waals surface area contributed by atoms with E-state index in [1.54, 1.807) is 6.20 Å². The lowest BCUT2D eigenvalue weighted by molar-refractivity contribution is 0.0691. The Labute approximate surface area is 142 Å². The predicted molar refractivity (Wildman–Crippen MR) is 92.3 cm³/mol. The first kappa shape index (κ1) is 18.7.